The molecule has 2 rings (SSSR count). The third-order valence-electron chi connectivity index (χ3n) is 4.36. The van der Waals surface area contributed by atoms with Crippen molar-refractivity contribution in [1.82, 2.24) is 4.90 Å². The molecule has 0 heterocycles. The third-order valence-corrected chi connectivity index (χ3v) is 4.36. The number of hydrogen-bond acceptors (Lipinski definition) is 3. The van der Waals surface area contributed by atoms with Gasteiger partial charge in [-0.25, -0.2) is 0 Å². The third kappa shape index (κ3) is 4.58. The Kier molecular flexibility index (Phi) is 5.99. The molecule has 0 bridgehead atoms. The number of nitrogens with zero attached hydrogens (tertiary/aromatic N) is 1. The second-order valence-corrected chi connectivity index (χ2v) is 6.12. The molecule has 1 aromatic carbocycles. The molecule has 1 amide bonds. The van der Waals surface area contributed by atoms with E-state index in [9.17, 15) is 9.59 Å². The van der Waals surface area contributed by atoms with Crippen LogP contribution in [0.15, 0.2) is 30.3 Å². The van der Waals surface area contributed by atoms with Crippen LogP contribution in [0.1, 0.15) is 49.4 Å². The van der Waals surface area contributed by atoms with Crippen molar-refractivity contribution >= 4 is 11.9 Å². The molecule has 1 saturated carbocycles. The number of carbonyl (C=O) groups is 2. The van der Waals surface area contributed by atoms with Crippen LogP contribution in [-0.2, 0) is 9.53 Å². The van der Waals surface area contributed by atoms with Gasteiger partial charge in [0, 0.05) is 12.6 Å². The van der Waals surface area contributed by atoms with Gasteiger partial charge in [0.1, 0.15) is 12.6 Å². The van der Waals surface area contributed by atoms with Gasteiger partial charge in [0.15, 0.2) is 0 Å². The molecule has 1 fully saturated rings. The summed E-state index contributed by atoms with van der Waals surface area (Å²) in [5.74, 6) is -0.0273. The van der Waals surface area contributed by atoms with Crippen LogP contribution >= 0.6 is 0 Å². The minimum atomic E-state index is -0.329. The van der Waals surface area contributed by atoms with E-state index in [1.54, 1.807) is 19.2 Å². The quantitative estimate of drug-likeness (QED) is 0.784. The largest absolute Gasteiger partial charge is 0.461 e. The number of ether oxygens (including phenoxy) is 1. The van der Waals surface area contributed by atoms with Crippen LogP contribution in [-0.4, -0.2) is 36.5 Å². The fraction of sp³-hybridized carbons (Fsp3) is 0.556. The standard InChI is InChI=1S/C18H25NO3/c1-14(15-9-5-3-6-10-15)22-17(20)13-19(2)18(21)16-11-7-4-8-12-16/h4,7-8,11-12,14-15H,3,5-6,9-10,13H2,1-2H3. The molecule has 4 nitrogen and oxygen atoms in total. The van der Waals surface area contributed by atoms with Gasteiger partial charge < -0.3 is 9.64 Å². The highest BCUT2D eigenvalue weighted by molar-refractivity contribution is 5.95. The van der Waals surface area contributed by atoms with Gasteiger partial charge in [-0.2, -0.15) is 0 Å². The van der Waals surface area contributed by atoms with Crippen LogP contribution in [0.4, 0.5) is 0 Å². The maximum atomic E-state index is 12.2. The fourth-order valence-electron chi connectivity index (χ4n) is 3.01. The molecule has 0 radical (unpaired) electrons. The molecule has 120 valence electrons. The molecular weight excluding hydrogens is 278 g/mol. The van der Waals surface area contributed by atoms with Crippen molar-refractivity contribution in [3.8, 4) is 0 Å². The van der Waals surface area contributed by atoms with E-state index >= 15 is 0 Å². The summed E-state index contributed by atoms with van der Waals surface area (Å²) < 4.78 is 5.51. The maximum absolute atomic E-state index is 12.2. The summed E-state index contributed by atoms with van der Waals surface area (Å²) in [6, 6.07) is 8.97. The summed E-state index contributed by atoms with van der Waals surface area (Å²) in [5.41, 5.74) is 0.582. The molecule has 0 saturated heterocycles. The number of carbonyl (C=O) groups excluding carboxylic acids is 2. The molecule has 0 N–H and O–H groups in total. The minimum absolute atomic E-state index is 0.00914. The summed E-state index contributed by atoms with van der Waals surface area (Å²) in [7, 11) is 1.63. The van der Waals surface area contributed by atoms with Crippen molar-refractivity contribution in [3.05, 3.63) is 35.9 Å². The van der Waals surface area contributed by atoms with Gasteiger partial charge in [0.25, 0.3) is 5.91 Å². The van der Waals surface area contributed by atoms with Gasteiger partial charge in [-0.05, 0) is 37.8 Å². The van der Waals surface area contributed by atoms with E-state index in [4.69, 9.17) is 4.74 Å². The van der Waals surface area contributed by atoms with E-state index in [0.717, 1.165) is 12.8 Å². The van der Waals surface area contributed by atoms with Gasteiger partial charge in [-0.15, -0.1) is 0 Å². The van der Waals surface area contributed by atoms with Crippen LogP contribution in [0, 0.1) is 5.92 Å². The second kappa shape index (κ2) is 7.97. The number of esters is 1. The Balaban J connectivity index is 1.82. The van der Waals surface area contributed by atoms with Crippen molar-refractivity contribution in [2.75, 3.05) is 13.6 Å². The van der Waals surface area contributed by atoms with E-state index < -0.39 is 0 Å². The van der Waals surface area contributed by atoms with E-state index in [2.05, 4.69) is 0 Å². The zero-order chi connectivity index (χ0) is 15.9. The monoisotopic (exact) mass is 303 g/mol. The predicted molar refractivity (Wildman–Crippen MR) is 85.5 cm³/mol. The summed E-state index contributed by atoms with van der Waals surface area (Å²) >= 11 is 0. The van der Waals surface area contributed by atoms with Gasteiger partial charge >= 0.3 is 5.97 Å². The highest BCUT2D eigenvalue weighted by Gasteiger charge is 2.24. The van der Waals surface area contributed by atoms with E-state index in [-0.39, 0.29) is 24.5 Å². The van der Waals surface area contributed by atoms with E-state index in [0.29, 0.717) is 11.5 Å². The van der Waals surface area contributed by atoms with Crippen molar-refractivity contribution in [1.29, 1.82) is 0 Å². The summed E-state index contributed by atoms with van der Waals surface area (Å²) in [4.78, 5) is 25.6. The topological polar surface area (TPSA) is 46.6 Å². The lowest BCUT2D eigenvalue weighted by Gasteiger charge is -2.28. The molecule has 1 aromatic rings. The first-order valence-electron chi connectivity index (χ1n) is 8.08. The number of likely N-dealkylation sites (N-methyl/N-ethyl adjacent to an activating group) is 1. The maximum Gasteiger partial charge on any atom is 0.325 e. The Labute approximate surface area is 132 Å². The lowest BCUT2D eigenvalue weighted by molar-refractivity contribution is -0.151. The number of amides is 1. The lowest BCUT2D eigenvalue weighted by atomic mass is 9.86. The molecular formula is C18H25NO3. The van der Waals surface area contributed by atoms with Gasteiger partial charge in [-0.3, -0.25) is 9.59 Å². The Morgan fingerprint density at radius 2 is 1.82 bits per heavy atom. The first kappa shape index (κ1) is 16.5. The Bertz CT molecular complexity index is 494. The summed E-state index contributed by atoms with van der Waals surface area (Å²) in [5, 5.41) is 0. The fourth-order valence-corrected chi connectivity index (χ4v) is 3.01. The lowest BCUT2D eigenvalue weighted by Crippen LogP contribution is -2.35. The molecule has 0 spiro atoms. The van der Waals surface area contributed by atoms with Crippen LogP contribution < -0.4 is 0 Å². The Morgan fingerprint density at radius 3 is 2.45 bits per heavy atom. The average molecular weight is 303 g/mol. The average Bonchev–Trinajstić information content (AvgIpc) is 2.55. The minimum Gasteiger partial charge on any atom is -0.461 e. The SMILES string of the molecule is CC(OC(=O)CN(C)C(=O)c1ccccc1)C1CCCCC1. The van der Waals surface area contributed by atoms with Crippen LogP contribution in [0.3, 0.4) is 0 Å². The zero-order valence-corrected chi connectivity index (χ0v) is 13.5. The van der Waals surface area contributed by atoms with Gasteiger partial charge in [0.2, 0.25) is 0 Å². The van der Waals surface area contributed by atoms with E-state index in [1.807, 2.05) is 25.1 Å². The zero-order valence-electron chi connectivity index (χ0n) is 13.5. The molecule has 1 aliphatic rings. The van der Waals surface area contributed by atoms with E-state index in [1.165, 1.54) is 24.2 Å². The molecule has 22 heavy (non-hydrogen) atoms. The van der Waals surface area contributed by atoms with Crippen molar-refractivity contribution < 1.29 is 14.3 Å². The van der Waals surface area contributed by atoms with Crippen LogP contribution in [0.5, 0.6) is 0 Å². The molecule has 0 aliphatic heterocycles. The number of hydrogen-bond donors (Lipinski definition) is 0. The number of benzene rings is 1. The predicted octanol–water partition coefficient (Wildman–Crippen LogP) is 3.27. The van der Waals surface area contributed by atoms with Crippen molar-refractivity contribution in [2.24, 2.45) is 5.92 Å². The molecule has 4 heteroatoms. The molecule has 1 unspecified atom stereocenters. The highest BCUT2D eigenvalue weighted by atomic mass is 16.5. The Morgan fingerprint density at radius 1 is 1.18 bits per heavy atom. The smallest absolute Gasteiger partial charge is 0.325 e. The second-order valence-electron chi connectivity index (χ2n) is 6.12. The molecule has 1 atom stereocenters. The van der Waals surface area contributed by atoms with Crippen molar-refractivity contribution in [3.63, 3.8) is 0 Å². The first-order valence-corrected chi connectivity index (χ1v) is 8.08. The van der Waals surface area contributed by atoms with Gasteiger partial charge in [-0.1, -0.05) is 37.5 Å². The van der Waals surface area contributed by atoms with Crippen molar-refractivity contribution in [2.45, 2.75) is 45.1 Å². The van der Waals surface area contributed by atoms with Crippen LogP contribution in [0.2, 0.25) is 0 Å². The van der Waals surface area contributed by atoms with Gasteiger partial charge in [0.05, 0.1) is 0 Å². The first-order chi connectivity index (χ1) is 10.6. The molecule has 1 aliphatic carbocycles. The molecule has 0 aromatic heterocycles. The summed E-state index contributed by atoms with van der Waals surface area (Å²) in [6.45, 7) is 1.96. The van der Waals surface area contributed by atoms with Crippen LogP contribution in [0.25, 0.3) is 0 Å². The highest BCUT2D eigenvalue weighted by Crippen LogP contribution is 2.27. The number of rotatable bonds is 5. The normalized spacial score (nSPS) is 16.8. The summed E-state index contributed by atoms with van der Waals surface area (Å²) in [6.07, 6.45) is 5.93. The Hall–Kier alpha value is -1.84.